The lowest BCUT2D eigenvalue weighted by molar-refractivity contribution is -0.384. The van der Waals surface area contributed by atoms with Crippen molar-refractivity contribution in [1.29, 1.82) is 0 Å². The highest BCUT2D eigenvalue weighted by molar-refractivity contribution is 6.34. The molecule has 1 aliphatic heterocycles. The van der Waals surface area contributed by atoms with Gasteiger partial charge in [-0.1, -0.05) is 23.7 Å². The molecule has 8 nitrogen and oxygen atoms in total. The predicted molar refractivity (Wildman–Crippen MR) is 111 cm³/mol. The van der Waals surface area contributed by atoms with Gasteiger partial charge in [0, 0.05) is 44.9 Å². The Hall–Kier alpha value is -2.68. The summed E-state index contributed by atoms with van der Waals surface area (Å²) in [6.45, 7) is 4.44. The van der Waals surface area contributed by atoms with Crippen LogP contribution in [-0.4, -0.2) is 60.5 Å². The largest absolute Gasteiger partial charge is 0.497 e. The minimum Gasteiger partial charge on any atom is -0.497 e. The fourth-order valence-electron chi connectivity index (χ4n) is 3.21. The molecule has 1 saturated heterocycles. The Morgan fingerprint density at radius 2 is 1.79 bits per heavy atom. The van der Waals surface area contributed by atoms with Crippen LogP contribution in [-0.2, 0) is 11.3 Å². The molecule has 1 N–H and O–H groups in total. The average Bonchev–Trinajstić information content (AvgIpc) is 2.71. The molecule has 0 bridgehead atoms. The van der Waals surface area contributed by atoms with Gasteiger partial charge in [0.15, 0.2) is 0 Å². The van der Waals surface area contributed by atoms with Gasteiger partial charge >= 0.3 is 0 Å². The normalized spacial score (nSPS) is 15.1. The Bertz CT molecular complexity index is 867. The topological polar surface area (TPSA) is 88.0 Å². The number of methoxy groups -OCH3 is 1. The molecule has 0 atom stereocenters. The predicted octanol–water partition coefficient (Wildman–Crippen LogP) is 3.01. The zero-order valence-corrected chi connectivity index (χ0v) is 16.9. The van der Waals surface area contributed by atoms with Crippen molar-refractivity contribution in [3.8, 4) is 5.75 Å². The van der Waals surface area contributed by atoms with E-state index in [0.717, 1.165) is 38.5 Å². The Labute approximate surface area is 174 Å². The molecule has 3 rings (SSSR count). The fourth-order valence-corrected chi connectivity index (χ4v) is 3.43. The van der Waals surface area contributed by atoms with Crippen molar-refractivity contribution >= 4 is 28.9 Å². The molecule has 0 radical (unpaired) electrons. The van der Waals surface area contributed by atoms with Crippen LogP contribution in [0.25, 0.3) is 0 Å². The smallest absolute Gasteiger partial charge is 0.271 e. The van der Waals surface area contributed by atoms with E-state index in [2.05, 4.69) is 27.2 Å². The Kier molecular flexibility index (Phi) is 7.03. The van der Waals surface area contributed by atoms with Gasteiger partial charge in [0.2, 0.25) is 5.91 Å². The van der Waals surface area contributed by atoms with E-state index in [1.54, 1.807) is 7.11 Å². The minimum absolute atomic E-state index is 0.110. The summed E-state index contributed by atoms with van der Waals surface area (Å²) in [7, 11) is 1.65. The number of nitro benzene ring substituents is 1. The number of ether oxygens (including phenoxy) is 1. The van der Waals surface area contributed by atoms with E-state index >= 15 is 0 Å². The van der Waals surface area contributed by atoms with Gasteiger partial charge in [0.25, 0.3) is 5.69 Å². The highest BCUT2D eigenvalue weighted by atomic mass is 35.5. The zero-order valence-electron chi connectivity index (χ0n) is 16.1. The summed E-state index contributed by atoms with van der Waals surface area (Å²) >= 11 is 6.03. The molecule has 154 valence electrons. The summed E-state index contributed by atoms with van der Waals surface area (Å²) in [6, 6.07) is 12.0. The van der Waals surface area contributed by atoms with E-state index in [4.69, 9.17) is 16.3 Å². The van der Waals surface area contributed by atoms with Gasteiger partial charge in [-0.15, -0.1) is 0 Å². The molecular weight excluding hydrogens is 396 g/mol. The quantitative estimate of drug-likeness (QED) is 0.549. The van der Waals surface area contributed by atoms with Gasteiger partial charge in [-0.2, -0.15) is 0 Å². The van der Waals surface area contributed by atoms with Crippen molar-refractivity contribution in [1.82, 2.24) is 9.80 Å². The number of carbonyl (C=O) groups is 1. The van der Waals surface area contributed by atoms with Crippen molar-refractivity contribution in [2.75, 3.05) is 45.2 Å². The van der Waals surface area contributed by atoms with Crippen LogP contribution >= 0.6 is 11.6 Å². The van der Waals surface area contributed by atoms with Crippen LogP contribution < -0.4 is 10.1 Å². The minimum atomic E-state index is -0.525. The van der Waals surface area contributed by atoms with Crippen LogP contribution in [0.5, 0.6) is 5.75 Å². The second-order valence-corrected chi connectivity index (χ2v) is 7.28. The van der Waals surface area contributed by atoms with Gasteiger partial charge in [0.05, 0.1) is 29.3 Å². The van der Waals surface area contributed by atoms with Crippen LogP contribution in [0.2, 0.25) is 5.02 Å². The first-order valence-corrected chi connectivity index (χ1v) is 9.64. The lowest BCUT2D eigenvalue weighted by atomic mass is 10.2. The van der Waals surface area contributed by atoms with Crippen molar-refractivity contribution in [3.63, 3.8) is 0 Å². The molecule has 0 aliphatic carbocycles. The highest BCUT2D eigenvalue weighted by Gasteiger charge is 2.20. The number of amides is 1. The molecule has 0 aromatic heterocycles. The fraction of sp³-hybridized carbons (Fsp3) is 0.350. The number of hydrogen-bond acceptors (Lipinski definition) is 6. The average molecular weight is 419 g/mol. The maximum atomic E-state index is 12.3. The van der Waals surface area contributed by atoms with Crippen LogP contribution in [0.15, 0.2) is 42.5 Å². The Balaban J connectivity index is 1.45. The van der Waals surface area contributed by atoms with E-state index < -0.39 is 4.92 Å². The maximum absolute atomic E-state index is 12.3. The second-order valence-electron chi connectivity index (χ2n) is 6.87. The molecule has 1 amide bonds. The summed E-state index contributed by atoms with van der Waals surface area (Å²) in [5, 5.41) is 13.6. The summed E-state index contributed by atoms with van der Waals surface area (Å²) in [4.78, 5) is 27.0. The molecule has 1 aliphatic rings. The summed E-state index contributed by atoms with van der Waals surface area (Å²) in [5.41, 5.74) is 1.49. The summed E-state index contributed by atoms with van der Waals surface area (Å²) < 4.78 is 5.18. The SMILES string of the molecule is COc1ccc(CN2CCN(CC(=O)Nc3ccc([N+](=O)[O-])cc3Cl)CC2)cc1. The van der Waals surface area contributed by atoms with E-state index in [1.807, 2.05) is 12.1 Å². The van der Waals surface area contributed by atoms with Crippen LogP contribution in [0.4, 0.5) is 11.4 Å². The van der Waals surface area contributed by atoms with E-state index in [-0.39, 0.29) is 23.2 Å². The first-order valence-electron chi connectivity index (χ1n) is 9.26. The number of carbonyl (C=O) groups excluding carboxylic acids is 1. The number of nitro groups is 1. The van der Waals surface area contributed by atoms with E-state index in [0.29, 0.717) is 5.69 Å². The van der Waals surface area contributed by atoms with Crippen molar-refractivity contribution in [3.05, 3.63) is 63.2 Å². The van der Waals surface area contributed by atoms with Gasteiger partial charge < -0.3 is 10.1 Å². The standard InChI is InChI=1S/C20H23ClN4O4/c1-29-17-5-2-15(3-6-17)13-23-8-10-24(11-9-23)14-20(26)22-19-7-4-16(25(27)28)12-18(19)21/h2-7,12H,8-11,13-14H2,1H3,(H,22,26). The lowest BCUT2D eigenvalue weighted by Gasteiger charge is -2.34. The monoisotopic (exact) mass is 418 g/mol. The Morgan fingerprint density at radius 1 is 1.14 bits per heavy atom. The van der Waals surface area contributed by atoms with Gasteiger partial charge in [-0.05, 0) is 23.8 Å². The molecule has 29 heavy (non-hydrogen) atoms. The number of benzene rings is 2. The van der Waals surface area contributed by atoms with Gasteiger partial charge in [-0.3, -0.25) is 24.7 Å². The molecule has 1 heterocycles. The van der Waals surface area contributed by atoms with E-state index in [9.17, 15) is 14.9 Å². The number of hydrogen-bond donors (Lipinski definition) is 1. The number of halogens is 1. The second kappa shape index (κ2) is 9.69. The number of piperazine rings is 1. The first kappa shape index (κ1) is 21.0. The molecule has 9 heteroatoms. The third-order valence-corrected chi connectivity index (χ3v) is 5.15. The zero-order chi connectivity index (χ0) is 20.8. The first-order chi connectivity index (χ1) is 13.9. The number of non-ortho nitro benzene ring substituents is 1. The van der Waals surface area contributed by atoms with Crippen LogP contribution in [0.1, 0.15) is 5.56 Å². The number of anilines is 1. The molecule has 1 fully saturated rings. The third kappa shape index (κ3) is 5.90. The van der Waals surface area contributed by atoms with E-state index in [1.165, 1.54) is 23.8 Å². The summed E-state index contributed by atoms with van der Waals surface area (Å²) in [5.74, 6) is 0.655. The molecule has 0 saturated carbocycles. The Morgan fingerprint density at radius 3 is 2.38 bits per heavy atom. The van der Waals surface area contributed by atoms with Crippen LogP contribution in [0, 0.1) is 10.1 Å². The van der Waals surface area contributed by atoms with Crippen molar-refractivity contribution in [2.45, 2.75) is 6.54 Å². The van der Waals surface area contributed by atoms with Gasteiger partial charge in [0.1, 0.15) is 5.75 Å². The molecule has 0 unspecified atom stereocenters. The molecule has 0 spiro atoms. The molecular formula is C20H23ClN4O4. The summed E-state index contributed by atoms with van der Waals surface area (Å²) in [6.07, 6.45) is 0. The van der Waals surface area contributed by atoms with Crippen LogP contribution in [0.3, 0.4) is 0 Å². The maximum Gasteiger partial charge on any atom is 0.271 e. The number of nitrogens with zero attached hydrogens (tertiary/aromatic N) is 3. The highest BCUT2D eigenvalue weighted by Crippen LogP contribution is 2.26. The number of nitrogens with one attached hydrogen (secondary N) is 1. The number of rotatable bonds is 7. The van der Waals surface area contributed by atoms with Crippen molar-refractivity contribution < 1.29 is 14.5 Å². The molecule has 2 aromatic carbocycles. The lowest BCUT2D eigenvalue weighted by Crippen LogP contribution is -2.48. The molecule has 2 aromatic rings. The third-order valence-electron chi connectivity index (χ3n) is 4.83. The van der Waals surface area contributed by atoms with Crippen molar-refractivity contribution in [2.24, 2.45) is 0 Å². The van der Waals surface area contributed by atoms with Gasteiger partial charge in [-0.25, -0.2) is 0 Å².